The Morgan fingerprint density at radius 1 is 1.04 bits per heavy atom. The predicted octanol–water partition coefficient (Wildman–Crippen LogP) is 3.64. The van der Waals surface area contributed by atoms with E-state index < -0.39 is 0 Å². The summed E-state index contributed by atoms with van der Waals surface area (Å²) in [7, 11) is 0. The van der Waals surface area contributed by atoms with Crippen LogP contribution in [0.4, 0.5) is 0 Å². The predicted molar refractivity (Wildman–Crippen MR) is 92.1 cm³/mol. The fraction of sp³-hybridized carbons (Fsp3) is 0.400. The molecule has 1 amide bonds. The van der Waals surface area contributed by atoms with E-state index in [1.807, 2.05) is 12.1 Å². The lowest BCUT2D eigenvalue weighted by molar-refractivity contribution is -0.134. The molecule has 0 N–H and O–H groups in total. The molecule has 3 rings (SSSR count). The van der Waals surface area contributed by atoms with E-state index in [4.69, 9.17) is 0 Å². The van der Waals surface area contributed by atoms with Crippen molar-refractivity contribution >= 4 is 5.91 Å². The summed E-state index contributed by atoms with van der Waals surface area (Å²) in [6, 6.07) is 14.8. The molecule has 1 atom stereocenters. The summed E-state index contributed by atoms with van der Waals surface area (Å²) in [5.74, 6) is 0.258. The Kier molecular flexibility index (Phi) is 5.41. The van der Waals surface area contributed by atoms with Crippen molar-refractivity contribution in [3.63, 3.8) is 0 Å². The number of nitrogens with zero attached hydrogens (tertiary/aromatic N) is 2. The van der Waals surface area contributed by atoms with E-state index in [2.05, 4.69) is 40.2 Å². The van der Waals surface area contributed by atoms with Crippen molar-refractivity contribution in [2.24, 2.45) is 0 Å². The van der Waals surface area contributed by atoms with E-state index in [0.717, 1.165) is 37.8 Å². The summed E-state index contributed by atoms with van der Waals surface area (Å²) in [6.45, 7) is 0.906. The highest BCUT2D eigenvalue weighted by Crippen LogP contribution is 2.22. The molecular formula is C20H24N2O. The molecule has 3 heteroatoms. The summed E-state index contributed by atoms with van der Waals surface area (Å²) < 4.78 is 0. The average molecular weight is 308 g/mol. The van der Waals surface area contributed by atoms with Gasteiger partial charge in [0.1, 0.15) is 0 Å². The first-order valence-electron chi connectivity index (χ1n) is 8.55. The second-order valence-electron chi connectivity index (χ2n) is 6.29. The van der Waals surface area contributed by atoms with Crippen LogP contribution in [-0.4, -0.2) is 28.4 Å². The smallest absolute Gasteiger partial charge is 0.227 e. The third kappa shape index (κ3) is 4.41. The number of likely N-dealkylation sites (tertiary alicyclic amines) is 1. The van der Waals surface area contributed by atoms with Crippen LogP contribution >= 0.6 is 0 Å². The van der Waals surface area contributed by atoms with Crippen molar-refractivity contribution in [3.05, 3.63) is 66.0 Å². The van der Waals surface area contributed by atoms with Gasteiger partial charge in [-0.3, -0.25) is 9.78 Å². The van der Waals surface area contributed by atoms with Gasteiger partial charge in [-0.2, -0.15) is 0 Å². The number of carbonyl (C=O) groups excluding carboxylic acids is 1. The molecule has 2 heterocycles. The number of benzene rings is 1. The minimum absolute atomic E-state index is 0.258. The van der Waals surface area contributed by atoms with Crippen LogP contribution in [0.1, 0.15) is 36.8 Å². The van der Waals surface area contributed by atoms with Gasteiger partial charge in [-0.05, 0) is 55.4 Å². The van der Waals surface area contributed by atoms with Crippen molar-refractivity contribution < 1.29 is 4.79 Å². The Hall–Kier alpha value is -2.16. The summed E-state index contributed by atoms with van der Waals surface area (Å²) in [5.41, 5.74) is 2.41. The largest absolute Gasteiger partial charge is 0.339 e. The molecule has 1 aliphatic heterocycles. The van der Waals surface area contributed by atoms with Crippen molar-refractivity contribution in [1.29, 1.82) is 0 Å². The molecule has 0 aliphatic carbocycles. The fourth-order valence-corrected chi connectivity index (χ4v) is 3.38. The first-order chi connectivity index (χ1) is 11.3. The Bertz CT molecular complexity index is 612. The molecule has 2 aromatic rings. The van der Waals surface area contributed by atoms with Crippen LogP contribution in [0.5, 0.6) is 0 Å². The molecule has 1 aliphatic rings. The second kappa shape index (κ2) is 7.91. The number of amides is 1. The maximum Gasteiger partial charge on any atom is 0.227 e. The number of aryl methyl sites for hydroxylation is 1. The van der Waals surface area contributed by atoms with E-state index in [0.29, 0.717) is 12.5 Å². The number of piperidine rings is 1. The third-order valence-corrected chi connectivity index (χ3v) is 4.66. The quantitative estimate of drug-likeness (QED) is 0.845. The van der Waals surface area contributed by atoms with Crippen LogP contribution in [-0.2, 0) is 17.6 Å². The molecule has 1 aromatic heterocycles. The Morgan fingerprint density at radius 3 is 2.61 bits per heavy atom. The highest BCUT2D eigenvalue weighted by Gasteiger charge is 2.26. The van der Waals surface area contributed by atoms with Crippen LogP contribution in [0.2, 0.25) is 0 Å². The normalized spacial score (nSPS) is 17.9. The highest BCUT2D eigenvalue weighted by atomic mass is 16.2. The third-order valence-electron chi connectivity index (χ3n) is 4.66. The van der Waals surface area contributed by atoms with Crippen LogP contribution < -0.4 is 0 Å². The molecule has 0 bridgehead atoms. The second-order valence-corrected chi connectivity index (χ2v) is 6.29. The average Bonchev–Trinajstić information content (AvgIpc) is 2.62. The number of carbonyl (C=O) groups is 1. The first kappa shape index (κ1) is 15.7. The topological polar surface area (TPSA) is 33.2 Å². The zero-order valence-electron chi connectivity index (χ0n) is 13.5. The lowest BCUT2D eigenvalue weighted by Crippen LogP contribution is -2.44. The number of hydrogen-bond donors (Lipinski definition) is 0. The standard InChI is InChI=1S/C20H24N2O/c23-20(16-18-11-13-21-14-12-18)22-15-5-4-8-19(22)10-9-17-6-2-1-3-7-17/h1-3,6-7,11-14,19H,4-5,8-10,15-16H2. The zero-order chi connectivity index (χ0) is 15.9. The summed E-state index contributed by atoms with van der Waals surface area (Å²) in [5, 5.41) is 0. The van der Waals surface area contributed by atoms with Gasteiger partial charge in [-0.1, -0.05) is 30.3 Å². The van der Waals surface area contributed by atoms with E-state index in [-0.39, 0.29) is 5.91 Å². The molecule has 1 fully saturated rings. The van der Waals surface area contributed by atoms with Crippen molar-refractivity contribution in [3.8, 4) is 0 Å². The minimum Gasteiger partial charge on any atom is -0.339 e. The van der Waals surface area contributed by atoms with Crippen LogP contribution in [0.25, 0.3) is 0 Å². The van der Waals surface area contributed by atoms with Crippen molar-refractivity contribution in [2.45, 2.75) is 44.6 Å². The molecule has 23 heavy (non-hydrogen) atoms. The van der Waals surface area contributed by atoms with E-state index in [1.54, 1.807) is 12.4 Å². The summed E-state index contributed by atoms with van der Waals surface area (Å²) in [4.78, 5) is 18.8. The van der Waals surface area contributed by atoms with Gasteiger partial charge < -0.3 is 4.90 Å². The molecule has 0 spiro atoms. The van der Waals surface area contributed by atoms with Crippen molar-refractivity contribution in [2.75, 3.05) is 6.54 Å². The summed E-state index contributed by atoms with van der Waals surface area (Å²) in [6.07, 6.45) is 9.61. The van der Waals surface area contributed by atoms with Crippen LogP contribution in [0.15, 0.2) is 54.9 Å². The number of pyridine rings is 1. The van der Waals surface area contributed by atoms with Gasteiger partial charge in [0, 0.05) is 25.0 Å². The van der Waals surface area contributed by atoms with Gasteiger partial charge in [0.15, 0.2) is 0 Å². The zero-order valence-corrected chi connectivity index (χ0v) is 13.5. The maximum atomic E-state index is 12.7. The van der Waals surface area contributed by atoms with Gasteiger partial charge in [0.2, 0.25) is 5.91 Å². The first-order valence-corrected chi connectivity index (χ1v) is 8.55. The fourth-order valence-electron chi connectivity index (χ4n) is 3.38. The minimum atomic E-state index is 0.258. The molecule has 0 saturated carbocycles. The molecule has 1 saturated heterocycles. The molecular weight excluding hydrogens is 284 g/mol. The van der Waals surface area contributed by atoms with Gasteiger partial charge in [0.05, 0.1) is 6.42 Å². The maximum absolute atomic E-state index is 12.7. The van der Waals surface area contributed by atoms with Crippen LogP contribution in [0.3, 0.4) is 0 Å². The lowest BCUT2D eigenvalue weighted by Gasteiger charge is -2.36. The number of hydrogen-bond acceptors (Lipinski definition) is 2. The molecule has 3 nitrogen and oxygen atoms in total. The number of rotatable bonds is 5. The molecule has 0 radical (unpaired) electrons. The highest BCUT2D eigenvalue weighted by molar-refractivity contribution is 5.79. The van der Waals surface area contributed by atoms with Gasteiger partial charge in [-0.25, -0.2) is 0 Å². The van der Waals surface area contributed by atoms with E-state index >= 15 is 0 Å². The van der Waals surface area contributed by atoms with Crippen molar-refractivity contribution in [1.82, 2.24) is 9.88 Å². The van der Waals surface area contributed by atoms with E-state index in [1.165, 1.54) is 12.0 Å². The van der Waals surface area contributed by atoms with Gasteiger partial charge in [0.25, 0.3) is 0 Å². The monoisotopic (exact) mass is 308 g/mol. The SMILES string of the molecule is O=C(Cc1ccncc1)N1CCCCC1CCc1ccccc1. The Labute approximate surface area is 138 Å². The molecule has 1 unspecified atom stereocenters. The van der Waals surface area contributed by atoms with E-state index in [9.17, 15) is 4.79 Å². The van der Waals surface area contributed by atoms with Crippen LogP contribution in [0, 0.1) is 0 Å². The Morgan fingerprint density at radius 2 is 1.83 bits per heavy atom. The number of aromatic nitrogens is 1. The Balaban J connectivity index is 1.60. The van der Waals surface area contributed by atoms with Gasteiger partial charge >= 0.3 is 0 Å². The molecule has 1 aromatic carbocycles. The summed E-state index contributed by atoms with van der Waals surface area (Å²) >= 11 is 0. The molecule has 120 valence electrons. The van der Waals surface area contributed by atoms with Gasteiger partial charge in [-0.15, -0.1) is 0 Å². The lowest BCUT2D eigenvalue weighted by atomic mass is 9.95.